The number of aromatic nitrogens is 4. The number of H-pyrrole nitrogens is 1. The standard InChI is InChI=1S/C15H17N7O3/c1-21-11(14(24)22(2)15(21)25)7-12(23)16-8-9-4-3-5-10(6-9)13-17-19-20-18-13/h3-6,11H,7-8H2,1-2H3,(H,16,23)(H,17,18,19,20)/t11-/m0/s1. The highest BCUT2D eigenvalue weighted by molar-refractivity contribution is 6.05. The minimum atomic E-state index is -0.761. The van der Waals surface area contributed by atoms with Crippen LogP contribution in [0.25, 0.3) is 11.4 Å². The van der Waals surface area contributed by atoms with E-state index in [0.717, 1.165) is 16.0 Å². The molecule has 1 aliphatic rings. The van der Waals surface area contributed by atoms with Crippen LogP contribution in [0.3, 0.4) is 0 Å². The highest BCUT2D eigenvalue weighted by atomic mass is 16.2. The summed E-state index contributed by atoms with van der Waals surface area (Å²) in [5.41, 5.74) is 1.63. The van der Waals surface area contributed by atoms with E-state index in [4.69, 9.17) is 0 Å². The summed E-state index contributed by atoms with van der Waals surface area (Å²) in [6, 6.07) is 6.20. The molecule has 0 radical (unpaired) electrons. The number of nitrogens with zero attached hydrogens (tertiary/aromatic N) is 5. The van der Waals surface area contributed by atoms with Gasteiger partial charge in [0, 0.05) is 26.2 Å². The van der Waals surface area contributed by atoms with Crippen LogP contribution >= 0.6 is 0 Å². The van der Waals surface area contributed by atoms with Gasteiger partial charge in [0.15, 0.2) is 0 Å². The van der Waals surface area contributed by atoms with E-state index in [0.29, 0.717) is 12.4 Å². The maximum Gasteiger partial charge on any atom is 0.326 e. The maximum atomic E-state index is 12.1. The summed E-state index contributed by atoms with van der Waals surface area (Å²) in [5.74, 6) is -0.215. The van der Waals surface area contributed by atoms with E-state index < -0.39 is 12.1 Å². The molecule has 0 bridgehead atoms. The van der Waals surface area contributed by atoms with Crippen LogP contribution in [0.4, 0.5) is 4.79 Å². The highest BCUT2D eigenvalue weighted by Gasteiger charge is 2.41. The van der Waals surface area contributed by atoms with Crippen molar-refractivity contribution in [1.82, 2.24) is 35.7 Å². The Bertz CT molecular complexity index is 805. The summed E-state index contributed by atoms with van der Waals surface area (Å²) >= 11 is 0. The maximum absolute atomic E-state index is 12.1. The van der Waals surface area contributed by atoms with Crippen molar-refractivity contribution in [2.75, 3.05) is 14.1 Å². The molecule has 1 saturated heterocycles. The van der Waals surface area contributed by atoms with Crippen LogP contribution in [0, 0.1) is 0 Å². The quantitative estimate of drug-likeness (QED) is 0.722. The molecule has 10 heteroatoms. The van der Waals surface area contributed by atoms with Gasteiger partial charge in [0.05, 0.1) is 6.42 Å². The fourth-order valence-corrected chi connectivity index (χ4v) is 2.63. The Morgan fingerprint density at radius 2 is 2.12 bits per heavy atom. The predicted octanol–water partition coefficient (Wildman–Crippen LogP) is -0.235. The Morgan fingerprint density at radius 3 is 2.76 bits per heavy atom. The van der Waals surface area contributed by atoms with Crippen LogP contribution in [-0.2, 0) is 16.1 Å². The molecular weight excluding hydrogens is 326 g/mol. The number of amides is 4. The van der Waals surface area contributed by atoms with E-state index in [1.807, 2.05) is 24.3 Å². The molecule has 1 aliphatic heterocycles. The van der Waals surface area contributed by atoms with E-state index in [1.54, 1.807) is 0 Å². The Kier molecular flexibility index (Phi) is 4.42. The number of aromatic amines is 1. The number of hydrogen-bond acceptors (Lipinski definition) is 6. The summed E-state index contributed by atoms with van der Waals surface area (Å²) < 4.78 is 0. The highest BCUT2D eigenvalue weighted by Crippen LogP contribution is 2.17. The third kappa shape index (κ3) is 3.32. The summed E-state index contributed by atoms with van der Waals surface area (Å²) in [5, 5.41) is 16.5. The van der Waals surface area contributed by atoms with E-state index in [2.05, 4.69) is 25.9 Å². The number of rotatable bonds is 5. The van der Waals surface area contributed by atoms with Gasteiger partial charge >= 0.3 is 6.03 Å². The molecular formula is C15H17N7O3. The summed E-state index contributed by atoms with van der Waals surface area (Å²) in [6.07, 6.45) is -0.0735. The van der Waals surface area contributed by atoms with Crippen LogP contribution in [-0.4, -0.2) is 68.4 Å². The molecule has 1 atom stereocenters. The fourth-order valence-electron chi connectivity index (χ4n) is 2.63. The third-order valence-corrected chi connectivity index (χ3v) is 4.07. The molecule has 10 nitrogen and oxygen atoms in total. The van der Waals surface area contributed by atoms with E-state index >= 15 is 0 Å². The first-order chi connectivity index (χ1) is 12.0. The zero-order valence-corrected chi connectivity index (χ0v) is 13.8. The van der Waals surface area contributed by atoms with Crippen LogP contribution in [0.2, 0.25) is 0 Å². The second-order valence-electron chi connectivity index (χ2n) is 5.72. The Hall–Kier alpha value is -3.30. The lowest BCUT2D eigenvalue weighted by Gasteiger charge is -2.15. The van der Waals surface area contributed by atoms with Crippen molar-refractivity contribution < 1.29 is 14.4 Å². The van der Waals surface area contributed by atoms with Crippen LogP contribution < -0.4 is 5.32 Å². The topological polar surface area (TPSA) is 124 Å². The normalized spacial score (nSPS) is 17.3. The molecule has 2 N–H and O–H groups in total. The molecule has 1 fully saturated rings. The first-order valence-corrected chi connectivity index (χ1v) is 7.61. The van der Waals surface area contributed by atoms with Crippen molar-refractivity contribution in [2.24, 2.45) is 0 Å². The molecule has 2 aromatic rings. The molecule has 1 aromatic heterocycles. The van der Waals surface area contributed by atoms with Gasteiger partial charge < -0.3 is 10.2 Å². The SMILES string of the molecule is CN1C(=O)[C@H](CC(=O)NCc2cccc(-c3nn[nH]n3)c2)N(C)C1=O. The lowest BCUT2D eigenvalue weighted by atomic mass is 10.1. The second-order valence-corrected chi connectivity index (χ2v) is 5.72. The van der Waals surface area contributed by atoms with Gasteiger partial charge in [0.1, 0.15) is 6.04 Å². The average molecular weight is 343 g/mol. The summed E-state index contributed by atoms with van der Waals surface area (Å²) in [7, 11) is 2.92. The number of benzene rings is 1. The lowest BCUT2D eigenvalue weighted by molar-refractivity contribution is -0.131. The average Bonchev–Trinajstić information content (AvgIpc) is 3.22. The first kappa shape index (κ1) is 16.6. The molecule has 2 heterocycles. The summed E-state index contributed by atoms with van der Waals surface area (Å²) in [4.78, 5) is 38.1. The van der Waals surface area contributed by atoms with E-state index in [-0.39, 0.29) is 18.2 Å². The molecule has 0 saturated carbocycles. The minimum absolute atomic E-state index is 0.0735. The molecule has 25 heavy (non-hydrogen) atoms. The van der Waals surface area contributed by atoms with Gasteiger partial charge in [-0.05, 0) is 16.8 Å². The number of urea groups is 1. The zero-order chi connectivity index (χ0) is 18.0. The largest absolute Gasteiger partial charge is 0.352 e. The van der Waals surface area contributed by atoms with Gasteiger partial charge in [-0.25, -0.2) is 4.79 Å². The van der Waals surface area contributed by atoms with Crippen LogP contribution in [0.1, 0.15) is 12.0 Å². The Labute approximate surface area is 143 Å². The van der Waals surface area contributed by atoms with Crippen LogP contribution in [0.15, 0.2) is 24.3 Å². The van der Waals surface area contributed by atoms with Gasteiger partial charge in [-0.3, -0.25) is 14.5 Å². The van der Waals surface area contributed by atoms with Crippen molar-refractivity contribution in [2.45, 2.75) is 19.0 Å². The molecule has 1 aromatic carbocycles. The van der Waals surface area contributed by atoms with Crippen molar-refractivity contribution in [3.8, 4) is 11.4 Å². The fraction of sp³-hybridized carbons (Fsp3) is 0.333. The van der Waals surface area contributed by atoms with Crippen molar-refractivity contribution in [1.29, 1.82) is 0 Å². The van der Waals surface area contributed by atoms with Gasteiger partial charge in [-0.2, -0.15) is 5.21 Å². The Morgan fingerprint density at radius 1 is 1.32 bits per heavy atom. The number of nitrogens with one attached hydrogen (secondary N) is 2. The first-order valence-electron chi connectivity index (χ1n) is 7.61. The molecule has 3 rings (SSSR count). The van der Waals surface area contributed by atoms with Crippen molar-refractivity contribution >= 4 is 17.8 Å². The monoisotopic (exact) mass is 343 g/mol. The van der Waals surface area contributed by atoms with E-state index in [9.17, 15) is 14.4 Å². The van der Waals surface area contributed by atoms with Crippen LogP contribution in [0.5, 0.6) is 0 Å². The summed E-state index contributed by atoms with van der Waals surface area (Å²) in [6.45, 7) is 0.291. The molecule has 0 unspecified atom stereocenters. The van der Waals surface area contributed by atoms with Crippen molar-refractivity contribution in [3.05, 3.63) is 29.8 Å². The number of carbonyl (C=O) groups excluding carboxylic acids is 3. The molecule has 4 amide bonds. The Balaban J connectivity index is 1.59. The minimum Gasteiger partial charge on any atom is -0.352 e. The van der Waals surface area contributed by atoms with Gasteiger partial charge in [-0.1, -0.05) is 18.2 Å². The molecule has 0 aliphatic carbocycles. The van der Waals surface area contributed by atoms with Gasteiger partial charge in [-0.15, -0.1) is 10.2 Å². The number of imide groups is 1. The predicted molar refractivity (Wildman–Crippen MR) is 85.8 cm³/mol. The van der Waals surface area contributed by atoms with Gasteiger partial charge in [0.25, 0.3) is 5.91 Å². The van der Waals surface area contributed by atoms with E-state index in [1.165, 1.54) is 19.0 Å². The number of carbonyl (C=O) groups is 3. The molecule has 130 valence electrons. The van der Waals surface area contributed by atoms with Crippen molar-refractivity contribution in [3.63, 3.8) is 0 Å². The van der Waals surface area contributed by atoms with Gasteiger partial charge in [0.2, 0.25) is 11.7 Å². The second kappa shape index (κ2) is 6.67. The number of hydrogen-bond donors (Lipinski definition) is 2. The number of tetrazole rings is 1. The zero-order valence-electron chi connectivity index (χ0n) is 13.8. The lowest BCUT2D eigenvalue weighted by Crippen LogP contribution is -2.37. The molecule has 0 spiro atoms. The smallest absolute Gasteiger partial charge is 0.326 e. The third-order valence-electron chi connectivity index (χ3n) is 4.07. The number of likely N-dealkylation sites (N-methyl/N-ethyl adjacent to an activating group) is 2.